The zero-order chi connectivity index (χ0) is 23.7. The van der Waals surface area contributed by atoms with Crippen molar-refractivity contribution >= 4 is 28.6 Å². The Hall–Kier alpha value is -3.49. The molecule has 0 N–H and O–H groups in total. The Labute approximate surface area is 204 Å². The molecule has 0 saturated heterocycles. The SMILES string of the molecule is COc1ccc(-c2csc(=Nc3ccc(Cl)c(F)c3)n2Cc2ccc3c(c2)OCO3)c(OC)c1. The lowest BCUT2D eigenvalue weighted by molar-refractivity contribution is 0.174. The molecule has 1 aliphatic rings. The van der Waals surface area contributed by atoms with E-state index < -0.39 is 5.82 Å². The third-order valence-electron chi connectivity index (χ3n) is 5.39. The van der Waals surface area contributed by atoms with Gasteiger partial charge in [0.15, 0.2) is 16.3 Å². The van der Waals surface area contributed by atoms with Crippen molar-refractivity contribution in [1.29, 1.82) is 0 Å². The molecule has 0 aliphatic carbocycles. The standard InChI is InChI=1S/C25H20ClFN2O4S/c1-30-17-5-6-18(23(11-17)31-2)21-13-34-25(28-16-4-7-19(26)20(27)10-16)29(21)12-15-3-8-22-24(9-15)33-14-32-22/h3-11,13H,12,14H2,1-2H3. The highest BCUT2D eigenvalue weighted by atomic mass is 35.5. The maximum atomic E-state index is 14.0. The molecule has 5 rings (SSSR count). The molecule has 0 saturated carbocycles. The first kappa shape index (κ1) is 22.3. The average molecular weight is 499 g/mol. The second kappa shape index (κ2) is 9.40. The van der Waals surface area contributed by atoms with Gasteiger partial charge >= 0.3 is 0 Å². The minimum atomic E-state index is -0.515. The van der Waals surface area contributed by atoms with Crippen molar-refractivity contribution in [3.05, 3.63) is 81.2 Å². The summed E-state index contributed by atoms with van der Waals surface area (Å²) in [5, 5.41) is 2.06. The Morgan fingerprint density at radius 2 is 1.88 bits per heavy atom. The van der Waals surface area contributed by atoms with Crippen molar-refractivity contribution in [1.82, 2.24) is 4.57 Å². The highest BCUT2D eigenvalue weighted by molar-refractivity contribution is 7.07. The van der Waals surface area contributed by atoms with Crippen LogP contribution in [0.2, 0.25) is 5.02 Å². The van der Waals surface area contributed by atoms with E-state index in [-0.39, 0.29) is 11.8 Å². The van der Waals surface area contributed by atoms with E-state index in [4.69, 9.17) is 35.5 Å². The number of nitrogens with zero attached hydrogens (tertiary/aromatic N) is 2. The summed E-state index contributed by atoms with van der Waals surface area (Å²) in [6.07, 6.45) is 0. The summed E-state index contributed by atoms with van der Waals surface area (Å²) in [7, 11) is 3.23. The molecule has 0 atom stereocenters. The Balaban J connectivity index is 1.65. The maximum absolute atomic E-state index is 14.0. The highest BCUT2D eigenvalue weighted by Crippen LogP contribution is 2.36. The zero-order valence-corrected chi connectivity index (χ0v) is 20.0. The second-order valence-corrected chi connectivity index (χ2v) is 8.70. The summed E-state index contributed by atoms with van der Waals surface area (Å²) in [6.45, 7) is 0.709. The first-order valence-electron chi connectivity index (χ1n) is 10.3. The van der Waals surface area contributed by atoms with Crippen LogP contribution in [-0.4, -0.2) is 25.6 Å². The molecule has 4 aromatic rings. The summed E-state index contributed by atoms with van der Waals surface area (Å²) in [5.74, 6) is 2.27. The number of fused-ring (bicyclic) bond motifs is 1. The lowest BCUT2D eigenvalue weighted by Crippen LogP contribution is -2.17. The van der Waals surface area contributed by atoms with Gasteiger partial charge in [0.05, 0.1) is 37.2 Å². The number of benzene rings is 3. The summed E-state index contributed by atoms with van der Waals surface area (Å²) >= 11 is 7.29. The Morgan fingerprint density at radius 1 is 1.03 bits per heavy atom. The van der Waals surface area contributed by atoms with E-state index in [2.05, 4.69) is 4.57 Å². The van der Waals surface area contributed by atoms with Gasteiger partial charge in [0.25, 0.3) is 0 Å². The van der Waals surface area contributed by atoms with Crippen molar-refractivity contribution in [2.45, 2.75) is 6.54 Å². The van der Waals surface area contributed by atoms with E-state index in [1.54, 1.807) is 20.3 Å². The van der Waals surface area contributed by atoms with Crippen molar-refractivity contribution in [3.63, 3.8) is 0 Å². The number of hydrogen-bond acceptors (Lipinski definition) is 6. The third-order valence-corrected chi connectivity index (χ3v) is 6.56. The number of hydrogen-bond donors (Lipinski definition) is 0. The van der Waals surface area contributed by atoms with E-state index in [1.807, 2.05) is 41.8 Å². The van der Waals surface area contributed by atoms with Crippen LogP contribution in [0.15, 0.2) is 65.0 Å². The molecule has 174 valence electrons. The van der Waals surface area contributed by atoms with Crippen LogP contribution >= 0.6 is 22.9 Å². The molecule has 34 heavy (non-hydrogen) atoms. The van der Waals surface area contributed by atoms with Gasteiger partial charge < -0.3 is 23.5 Å². The summed E-state index contributed by atoms with van der Waals surface area (Å²) in [6, 6.07) is 16.0. The average Bonchev–Trinajstić information content (AvgIpc) is 3.48. The van der Waals surface area contributed by atoms with Crippen molar-refractivity contribution in [3.8, 4) is 34.3 Å². The van der Waals surface area contributed by atoms with Crippen molar-refractivity contribution in [2.24, 2.45) is 4.99 Å². The quantitative estimate of drug-likeness (QED) is 0.325. The van der Waals surface area contributed by atoms with Gasteiger partial charge in [-0.25, -0.2) is 9.38 Å². The van der Waals surface area contributed by atoms with Crippen molar-refractivity contribution < 1.29 is 23.3 Å². The fourth-order valence-corrected chi connectivity index (χ4v) is 4.72. The molecule has 0 radical (unpaired) electrons. The number of aromatic nitrogens is 1. The molecular formula is C25H20ClFN2O4S. The number of rotatable bonds is 6. The molecule has 0 unspecified atom stereocenters. The monoisotopic (exact) mass is 498 g/mol. The van der Waals surface area contributed by atoms with Gasteiger partial charge in [0.1, 0.15) is 17.3 Å². The second-order valence-electron chi connectivity index (χ2n) is 7.45. The zero-order valence-electron chi connectivity index (χ0n) is 18.4. The third kappa shape index (κ3) is 4.34. The molecule has 9 heteroatoms. The molecular weight excluding hydrogens is 479 g/mol. The highest BCUT2D eigenvalue weighted by Gasteiger charge is 2.17. The van der Waals surface area contributed by atoms with Crippen LogP contribution in [0.1, 0.15) is 5.56 Å². The maximum Gasteiger partial charge on any atom is 0.231 e. The van der Waals surface area contributed by atoms with E-state index in [0.717, 1.165) is 22.6 Å². The topological polar surface area (TPSA) is 54.2 Å². The Morgan fingerprint density at radius 3 is 2.68 bits per heavy atom. The molecule has 0 bridgehead atoms. The lowest BCUT2D eigenvalue weighted by Gasteiger charge is -2.14. The van der Waals surface area contributed by atoms with Gasteiger partial charge in [-0.2, -0.15) is 0 Å². The van der Waals surface area contributed by atoms with Gasteiger partial charge in [-0.3, -0.25) is 0 Å². The van der Waals surface area contributed by atoms with Crippen LogP contribution in [0, 0.1) is 5.82 Å². The molecule has 3 aromatic carbocycles. The number of thiazole rings is 1. The Kier molecular flexibility index (Phi) is 6.17. The summed E-state index contributed by atoms with van der Waals surface area (Å²) in [4.78, 5) is 5.40. The first-order chi connectivity index (χ1) is 16.6. The summed E-state index contributed by atoms with van der Waals surface area (Å²) in [5.41, 5.74) is 3.25. The largest absolute Gasteiger partial charge is 0.497 e. The van der Waals surface area contributed by atoms with Crippen LogP contribution in [0.3, 0.4) is 0 Å². The molecule has 6 nitrogen and oxygen atoms in total. The molecule has 2 heterocycles. The predicted octanol–water partition coefficient (Wildman–Crippen LogP) is 6.04. The minimum absolute atomic E-state index is 0.0574. The van der Waals surface area contributed by atoms with Gasteiger partial charge in [0, 0.05) is 23.1 Å². The van der Waals surface area contributed by atoms with Gasteiger partial charge in [-0.15, -0.1) is 11.3 Å². The van der Waals surface area contributed by atoms with Gasteiger partial charge in [0.2, 0.25) is 6.79 Å². The van der Waals surface area contributed by atoms with Crippen LogP contribution in [0.4, 0.5) is 10.1 Å². The van der Waals surface area contributed by atoms with Crippen LogP contribution in [0.5, 0.6) is 23.0 Å². The molecule has 0 spiro atoms. The number of ether oxygens (including phenoxy) is 4. The number of methoxy groups -OCH3 is 2. The molecule has 0 amide bonds. The van der Waals surface area contributed by atoms with Crippen LogP contribution in [-0.2, 0) is 6.54 Å². The first-order valence-corrected chi connectivity index (χ1v) is 11.6. The van der Waals surface area contributed by atoms with Crippen molar-refractivity contribution in [2.75, 3.05) is 21.0 Å². The summed E-state index contributed by atoms with van der Waals surface area (Å²) < 4.78 is 38.1. The smallest absolute Gasteiger partial charge is 0.231 e. The fourth-order valence-electron chi connectivity index (χ4n) is 3.68. The van der Waals surface area contributed by atoms with Crippen LogP contribution < -0.4 is 23.7 Å². The number of halogens is 2. The molecule has 0 fully saturated rings. The van der Waals surface area contributed by atoms with Gasteiger partial charge in [-0.05, 0) is 42.0 Å². The minimum Gasteiger partial charge on any atom is -0.497 e. The molecule has 1 aliphatic heterocycles. The lowest BCUT2D eigenvalue weighted by atomic mass is 10.1. The van der Waals surface area contributed by atoms with E-state index in [1.165, 1.54) is 23.5 Å². The fraction of sp³-hybridized carbons (Fsp3) is 0.160. The van der Waals surface area contributed by atoms with E-state index in [0.29, 0.717) is 34.3 Å². The Bertz CT molecular complexity index is 1430. The van der Waals surface area contributed by atoms with Crippen LogP contribution in [0.25, 0.3) is 11.3 Å². The predicted molar refractivity (Wildman–Crippen MR) is 129 cm³/mol. The van der Waals surface area contributed by atoms with E-state index >= 15 is 0 Å². The normalized spacial score (nSPS) is 12.8. The van der Waals surface area contributed by atoms with E-state index in [9.17, 15) is 4.39 Å². The van der Waals surface area contributed by atoms with Gasteiger partial charge in [-0.1, -0.05) is 17.7 Å². The molecule has 1 aromatic heterocycles.